The van der Waals surface area contributed by atoms with Crippen LogP contribution in [0.5, 0.6) is 11.5 Å². The fraction of sp³-hybridized carbons (Fsp3) is 0. The highest BCUT2D eigenvalue weighted by Crippen LogP contribution is 2.34. The first-order valence-electron chi connectivity index (χ1n) is 5.13. The third kappa shape index (κ3) is 3.05. The summed E-state index contributed by atoms with van der Waals surface area (Å²) >= 11 is 9.16. The number of carbonyl (C=O) groups is 1. The van der Waals surface area contributed by atoms with Crippen LogP contribution in [0.3, 0.4) is 0 Å². The molecular weight excluding hydrogens is 338 g/mol. The summed E-state index contributed by atoms with van der Waals surface area (Å²) in [5.74, 6) is -2.22. The van der Waals surface area contributed by atoms with Gasteiger partial charge in [0.05, 0.1) is 5.02 Å². The number of rotatable bonds is 3. The number of para-hydroxylation sites is 1. The summed E-state index contributed by atoms with van der Waals surface area (Å²) in [4.78, 5) is 11.0. The van der Waals surface area contributed by atoms with E-state index in [0.29, 0.717) is 0 Å². The van der Waals surface area contributed by atoms with E-state index in [0.717, 1.165) is 10.5 Å². The first-order chi connectivity index (χ1) is 8.99. The monoisotopic (exact) mass is 344 g/mol. The first-order valence-corrected chi connectivity index (χ1v) is 6.31. The molecule has 0 spiro atoms. The molecule has 0 fully saturated rings. The molecule has 2 rings (SSSR count). The summed E-state index contributed by atoms with van der Waals surface area (Å²) in [5, 5.41) is 9.24. The maximum Gasteiger partial charge on any atom is 0.339 e. The van der Waals surface area contributed by atoms with Gasteiger partial charge in [0.1, 0.15) is 11.3 Å². The largest absolute Gasteiger partial charge is 0.478 e. The third-order valence-corrected chi connectivity index (χ3v) is 3.09. The normalized spacial score (nSPS) is 10.3. The van der Waals surface area contributed by atoms with Gasteiger partial charge in [-0.1, -0.05) is 33.6 Å². The van der Waals surface area contributed by atoms with Crippen molar-refractivity contribution in [2.75, 3.05) is 0 Å². The summed E-state index contributed by atoms with van der Waals surface area (Å²) in [6.07, 6.45) is 0. The van der Waals surface area contributed by atoms with Gasteiger partial charge in [0.25, 0.3) is 0 Å². The van der Waals surface area contributed by atoms with Crippen LogP contribution in [0.1, 0.15) is 10.4 Å². The molecule has 19 heavy (non-hydrogen) atoms. The van der Waals surface area contributed by atoms with Gasteiger partial charge in [-0.2, -0.15) is 0 Å². The van der Waals surface area contributed by atoms with Crippen molar-refractivity contribution in [3.63, 3.8) is 0 Å². The van der Waals surface area contributed by atoms with E-state index in [-0.39, 0.29) is 22.1 Å². The van der Waals surface area contributed by atoms with Gasteiger partial charge in [0, 0.05) is 4.47 Å². The predicted octanol–water partition coefficient (Wildman–Crippen LogP) is 4.73. The maximum absolute atomic E-state index is 13.7. The summed E-state index contributed by atoms with van der Waals surface area (Å²) in [7, 11) is 0. The second kappa shape index (κ2) is 5.59. The zero-order valence-corrected chi connectivity index (χ0v) is 11.7. The van der Waals surface area contributed by atoms with Crippen LogP contribution in [0.25, 0.3) is 0 Å². The minimum Gasteiger partial charge on any atom is -0.478 e. The number of hydrogen-bond acceptors (Lipinski definition) is 2. The minimum atomic E-state index is -1.28. The second-order valence-electron chi connectivity index (χ2n) is 3.60. The van der Waals surface area contributed by atoms with Crippen LogP contribution in [-0.4, -0.2) is 11.1 Å². The highest BCUT2D eigenvalue weighted by Gasteiger charge is 2.17. The standard InChI is InChI=1S/C13H7BrClFO3/c14-7-4-5-11(9(15)6-7)19-12-8(13(17)18)2-1-3-10(12)16/h1-6H,(H,17,18). The van der Waals surface area contributed by atoms with Crippen LogP contribution >= 0.6 is 27.5 Å². The molecule has 0 saturated heterocycles. The average molecular weight is 346 g/mol. The van der Waals surface area contributed by atoms with E-state index >= 15 is 0 Å². The van der Waals surface area contributed by atoms with Crippen LogP contribution in [0.15, 0.2) is 40.9 Å². The summed E-state index contributed by atoms with van der Waals surface area (Å²) < 4.78 is 19.7. The molecule has 6 heteroatoms. The second-order valence-corrected chi connectivity index (χ2v) is 4.92. The van der Waals surface area contributed by atoms with E-state index in [9.17, 15) is 9.18 Å². The Kier molecular flexibility index (Phi) is 4.07. The number of aromatic carboxylic acids is 1. The molecule has 0 atom stereocenters. The number of hydrogen-bond donors (Lipinski definition) is 1. The number of halogens is 3. The molecule has 0 radical (unpaired) electrons. The van der Waals surface area contributed by atoms with Crippen molar-refractivity contribution in [3.05, 3.63) is 57.3 Å². The molecule has 0 aliphatic heterocycles. The molecular formula is C13H7BrClFO3. The van der Waals surface area contributed by atoms with Gasteiger partial charge in [-0.3, -0.25) is 0 Å². The number of carboxylic acids is 1. The molecule has 0 saturated carbocycles. The number of ether oxygens (including phenoxy) is 1. The zero-order valence-electron chi connectivity index (χ0n) is 9.36. The van der Waals surface area contributed by atoms with E-state index in [1.54, 1.807) is 12.1 Å². The van der Waals surface area contributed by atoms with Crippen LogP contribution in [0.4, 0.5) is 4.39 Å². The smallest absolute Gasteiger partial charge is 0.339 e. The van der Waals surface area contributed by atoms with Crippen molar-refractivity contribution < 1.29 is 19.0 Å². The zero-order chi connectivity index (χ0) is 14.0. The van der Waals surface area contributed by atoms with Crippen molar-refractivity contribution in [3.8, 4) is 11.5 Å². The Labute approximate surface area is 121 Å². The molecule has 0 bridgehead atoms. The van der Waals surface area contributed by atoms with Crippen molar-refractivity contribution in [1.29, 1.82) is 0 Å². The van der Waals surface area contributed by atoms with Crippen LogP contribution in [0.2, 0.25) is 5.02 Å². The molecule has 2 aromatic rings. The lowest BCUT2D eigenvalue weighted by Gasteiger charge is -2.11. The van der Waals surface area contributed by atoms with Gasteiger partial charge in [-0.15, -0.1) is 0 Å². The fourth-order valence-electron chi connectivity index (χ4n) is 1.45. The molecule has 0 aliphatic rings. The van der Waals surface area contributed by atoms with Crippen LogP contribution in [0, 0.1) is 5.82 Å². The number of benzene rings is 2. The van der Waals surface area contributed by atoms with E-state index in [4.69, 9.17) is 21.4 Å². The fourth-order valence-corrected chi connectivity index (χ4v) is 2.16. The highest BCUT2D eigenvalue weighted by atomic mass is 79.9. The lowest BCUT2D eigenvalue weighted by molar-refractivity contribution is 0.0693. The Balaban J connectivity index is 2.46. The van der Waals surface area contributed by atoms with Gasteiger partial charge in [-0.25, -0.2) is 9.18 Å². The maximum atomic E-state index is 13.7. The Morgan fingerprint density at radius 2 is 2.05 bits per heavy atom. The Hall–Kier alpha value is -1.59. The Bertz CT molecular complexity index is 646. The quantitative estimate of drug-likeness (QED) is 0.874. The van der Waals surface area contributed by atoms with Crippen molar-refractivity contribution >= 4 is 33.5 Å². The lowest BCUT2D eigenvalue weighted by Crippen LogP contribution is -2.02. The molecule has 2 aromatic carbocycles. The van der Waals surface area contributed by atoms with Gasteiger partial charge >= 0.3 is 5.97 Å². The Morgan fingerprint density at radius 3 is 2.68 bits per heavy atom. The number of carboxylic acid groups (broad SMARTS) is 1. The molecule has 0 heterocycles. The molecule has 0 unspecified atom stereocenters. The molecule has 0 amide bonds. The third-order valence-electron chi connectivity index (χ3n) is 2.30. The van der Waals surface area contributed by atoms with Crippen molar-refractivity contribution in [2.45, 2.75) is 0 Å². The molecule has 98 valence electrons. The molecule has 0 aromatic heterocycles. The summed E-state index contributed by atoms with van der Waals surface area (Å²) in [5.41, 5.74) is -0.265. The van der Waals surface area contributed by atoms with Crippen LogP contribution in [-0.2, 0) is 0 Å². The minimum absolute atomic E-state index is 0.178. The topological polar surface area (TPSA) is 46.5 Å². The Morgan fingerprint density at radius 1 is 1.32 bits per heavy atom. The lowest BCUT2D eigenvalue weighted by atomic mass is 10.2. The van der Waals surface area contributed by atoms with E-state index in [1.165, 1.54) is 18.2 Å². The summed E-state index contributed by atoms with van der Waals surface area (Å²) in [6.45, 7) is 0. The average Bonchev–Trinajstić information content (AvgIpc) is 2.34. The SMILES string of the molecule is O=C(O)c1cccc(F)c1Oc1ccc(Br)cc1Cl. The van der Waals surface area contributed by atoms with Crippen LogP contribution < -0.4 is 4.74 Å². The van der Waals surface area contributed by atoms with E-state index in [2.05, 4.69) is 15.9 Å². The first kappa shape index (κ1) is 13.8. The van der Waals surface area contributed by atoms with Gasteiger partial charge in [0.2, 0.25) is 0 Å². The van der Waals surface area contributed by atoms with Crippen molar-refractivity contribution in [2.24, 2.45) is 0 Å². The van der Waals surface area contributed by atoms with Gasteiger partial charge in [0.15, 0.2) is 11.6 Å². The molecule has 1 N–H and O–H groups in total. The predicted molar refractivity (Wildman–Crippen MR) is 72.6 cm³/mol. The van der Waals surface area contributed by atoms with E-state index in [1.807, 2.05) is 0 Å². The highest BCUT2D eigenvalue weighted by molar-refractivity contribution is 9.10. The van der Waals surface area contributed by atoms with Gasteiger partial charge < -0.3 is 9.84 Å². The molecule has 0 aliphatic carbocycles. The van der Waals surface area contributed by atoms with Crippen molar-refractivity contribution in [1.82, 2.24) is 0 Å². The summed E-state index contributed by atoms with van der Waals surface area (Å²) in [6, 6.07) is 8.42. The van der Waals surface area contributed by atoms with Gasteiger partial charge in [-0.05, 0) is 30.3 Å². The molecule has 3 nitrogen and oxygen atoms in total. The van der Waals surface area contributed by atoms with E-state index < -0.39 is 11.8 Å².